The molecule has 3 heterocycles. The molecule has 0 aliphatic carbocycles. The van der Waals surface area contributed by atoms with Crippen LogP contribution in [-0.4, -0.2) is 28.4 Å². The van der Waals surface area contributed by atoms with E-state index in [0.29, 0.717) is 12.2 Å². The summed E-state index contributed by atoms with van der Waals surface area (Å²) in [5, 5.41) is 8.38. The van der Waals surface area contributed by atoms with E-state index in [4.69, 9.17) is 0 Å². The normalized spacial score (nSPS) is 15.9. The number of halogens is 2. The van der Waals surface area contributed by atoms with Crippen molar-refractivity contribution in [2.45, 2.75) is 12.5 Å². The molecular formula is C16H18Cl2N4OS. The number of carbonyl (C=O) groups is 1. The largest absolute Gasteiger partial charge is 0.349 e. The van der Waals surface area contributed by atoms with Crippen molar-refractivity contribution >= 4 is 46.9 Å². The van der Waals surface area contributed by atoms with E-state index in [2.05, 4.69) is 39.9 Å². The number of thiazole rings is 1. The van der Waals surface area contributed by atoms with Crippen LogP contribution in [0.25, 0.3) is 4.83 Å². The fourth-order valence-electron chi connectivity index (χ4n) is 2.95. The molecule has 128 valence electrons. The molecule has 5 nitrogen and oxygen atoms in total. The summed E-state index contributed by atoms with van der Waals surface area (Å²) >= 11 is 1.52. The second-order valence-electron chi connectivity index (χ2n) is 5.39. The number of nitrogens with one attached hydrogen (secondary N) is 2. The second kappa shape index (κ2) is 7.98. The molecule has 0 spiro atoms. The highest BCUT2D eigenvalue weighted by molar-refractivity contribution is 7.15. The molecule has 2 N–H and O–H groups in total. The highest BCUT2D eigenvalue weighted by atomic mass is 35.5. The number of carbonyl (C=O) groups excluding carboxylic acids is 1. The Morgan fingerprint density at radius 3 is 3.08 bits per heavy atom. The smallest absolute Gasteiger partial charge is 0.269 e. The van der Waals surface area contributed by atoms with E-state index in [1.807, 2.05) is 9.78 Å². The average Bonchev–Trinajstić information content (AvgIpc) is 3.15. The van der Waals surface area contributed by atoms with Crippen LogP contribution < -0.4 is 10.6 Å². The van der Waals surface area contributed by atoms with Gasteiger partial charge in [0.15, 0.2) is 0 Å². The van der Waals surface area contributed by atoms with Gasteiger partial charge < -0.3 is 10.6 Å². The van der Waals surface area contributed by atoms with Gasteiger partial charge in [-0.3, -0.25) is 9.20 Å². The van der Waals surface area contributed by atoms with Crippen LogP contribution in [0.4, 0.5) is 0 Å². The van der Waals surface area contributed by atoms with Crippen molar-refractivity contribution < 1.29 is 4.79 Å². The summed E-state index contributed by atoms with van der Waals surface area (Å²) in [6.45, 7) is 1.53. The van der Waals surface area contributed by atoms with E-state index >= 15 is 0 Å². The number of nitrogens with zero attached hydrogens (tertiary/aromatic N) is 2. The molecule has 1 aliphatic heterocycles. The van der Waals surface area contributed by atoms with Crippen LogP contribution >= 0.6 is 36.2 Å². The van der Waals surface area contributed by atoms with Gasteiger partial charge in [0.2, 0.25) is 0 Å². The van der Waals surface area contributed by atoms with Gasteiger partial charge in [-0.1, -0.05) is 24.3 Å². The van der Waals surface area contributed by atoms with Gasteiger partial charge in [0.05, 0.1) is 6.20 Å². The number of hydrogen-bond donors (Lipinski definition) is 2. The highest BCUT2D eigenvalue weighted by Crippen LogP contribution is 2.22. The maximum absolute atomic E-state index is 12.4. The summed E-state index contributed by atoms with van der Waals surface area (Å²) in [5.41, 5.74) is 3.29. The van der Waals surface area contributed by atoms with E-state index in [-0.39, 0.29) is 36.8 Å². The molecule has 1 atom stereocenters. The summed E-state index contributed by atoms with van der Waals surface area (Å²) in [4.78, 5) is 17.4. The van der Waals surface area contributed by atoms with E-state index in [1.54, 1.807) is 12.5 Å². The second-order valence-corrected chi connectivity index (χ2v) is 6.28. The van der Waals surface area contributed by atoms with Crippen molar-refractivity contribution in [3.8, 4) is 0 Å². The Morgan fingerprint density at radius 2 is 2.21 bits per heavy atom. The molecular weight excluding hydrogens is 367 g/mol. The van der Waals surface area contributed by atoms with Crippen LogP contribution in [-0.2, 0) is 6.42 Å². The summed E-state index contributed by atoms with van der Waals surface area (Å²) in [6.07, 6.45) is 4.48. The number of amides is 1. The van der Waals surface area contributed by atoms with Gasteiger partial charge in [-0.15, -0.1) is 36.2 Å². The molecule has 0 bridgehead atoms. The van der Waals surface area contributed by atoms with Crippen LogP contribution in [0.5, 0.6) is 0 Å². The van der Waals surface area contributed by atoms with Gasteiger partial charge in [-0.25, -0.2) is 4.98 Å². The molecule has 8 heteroatoms. The number of hydrogen-bond acceptors (Lipinski definition) is 4. The zero-order valence-corrected chi connectivity index (χ0v) is 15.2. The predicted octanol–water partition coefficient (Wildman–Crippen LogP) is 2.86. The standard InChI is InChI=1S/C16H16N4OS.2ClH/c21-16(14-9-22-15-8-17-10-20(14)15)19-7-13-12-4-2-1-3-11(12)5-6-18-13;;/h1-4,8-10,13,18H,5-7H2,(H,19,21);2*1H. The lowest BCUT2D eigenvalue weighted by Gasteiger charge is -2.27. The first-order valence-corrected chi connectivity index (χ1v) is 8.20. The maximum Gasteiger partial charge on any atom is 0.269 e. The Labute approximate surface area is 156 Å². The molecule has 1 unspecified atom stereocenters. The lowest BCUT2D eigenvalue weighted by atomic mass is 9.94. The Bertz CT molecular complexity index is 832. The molecule has 0 radical (unpaired) electrons. The van der Waals surface area contributed by atoms with E-state index in [9.17, 15) is 4.79 Å². The number of rotatable bonds is 3. The minimum Gasteiger partial charge on any atom is -0.349 e. The average molecular weight is 385 g/mol. The molecule has 24 heavy (non-hydrogen) atoms. The van der Waals surface area contributed by atoms with Crippen molar-refractivity contribution in [1.29, 1.82) is 0 Å². The monoisotopic (exact) mass is 384 g/mol. The highest BCUT2D eigenvalue weighted by Gasteiger charge is 2.20. The van der Waals surface area contributed by atoms with Gasteiger partial charge in [-0.05, 0) is 24.1 Å². The van der Waals surface area contributed by atoms with Crippen molar-refractivity contribution in [3.05, 3.63) is 59.0 Å². The van der Waals surface area contributed by atoms with Crippen LogP contribution in [0.1, 0.15) is 27.7 Å². The summed E-state index contributed by atoms with van der Waals surface area (Å²) in [6, 6.07) is 8.59. The van der Waals surface area contributed by atoms with Gasteiger partial charge in [0, 0.05) is 18.0 Å². The SMILES string of the molecule is Cl.Cl.O=C(NCC1NCCc2ccccc21)c1csc2cncn12. The van der Waals surface area contributed by atoms with Crippen LogP contribution in [0.15, 0.2) is 42.2 Å². The Kier molecular flexibility index (Phi) is 6.23. The van der Waals surface area contributed by atoms with E-state index < -0.39 is 0 Å². The third-order valence-corrected chi connectivity index (χ3v) is 4.96. The molecule has 1 amide bonds. The van der Waals surface area contributed by atoms with E-state index in [0.717, 1.165) is 17.8 Å². The zero-order valence-electron chi connectivity index (χ0n) is 12.8. The summed E-state index contributed by atoms with van der Waals surface area (Å²) in [7, 11) is 0. The minimum atomic E-state index is -0.0610. The quantitative estimate of drug-likeness (QED) is 0.729. The molecule has 1 aromatic carbocycles. The maximum atomic E-state index is 12.4. The Balaban J connectivity index is 0.00000104. The molecule has 4 rings (SSSR count). The number of fused-ring (bicyclic) bond motifs is 2. The molecule has 0 saturated heterocycles. The number of imidazole rings is 1. The van der Waals surface area contributed by atoms with E-state index in [1.165, 1.54) is 22.5 Å². The van der Waals surface area contributed by atoms with Crippen molar-refractivity contribution in [1.82, 2.24) is 20.0 Å². The molecule has 0 fully saturated rings. The summed E-state index contributed by atoms with van der Waals surface area (Å²) in [5.74, 6) is -0.0610. The first kappa shape index (κ1) is 18.7. The van der Waals surface area contributed by atoms with Gasteiger partial charge >= 0.3 is 0 Å². The minimum absolute atomic E-state index is 0. The van der Waals surface area contributed by atoms with Crippen LogP contribution in [0, 0.1) is 0 Å². The lowest BCUT2D eigenvalue weighted by Crippen LogP contribution is -2.39. The molecule has 0 saturated carbocycles. The first-order valence-electron chi connectivity index (χ1n) is 7.32. The van der Waals surface area contributed by atoms with Gasteiger partial charge in [0.25, 0.3) is 5.91 Å². The fraction of sp³-hybridized carbons (Fsp3) is 0.250. The molecule has 2 aromatic heterocycles. The van der Waals surface area contributed by atoms with Crippen molar-refractivity contribution in [2.24, 2.45) is 0 Å². The van der Waals surface area contributed by atoms with Crippen LogP contribution in [0.3, 0.4) is 0 Å². The van der Waals surface area contributed by atoms with Gasteiger partial charge in [-0.2, -0.15) is 0 Å². The summed E-state index contributed by atoms with van der Waals surface area (Å²) < 4.78 is 1.82. The third-order valence-electron chi connectivity index (χ3n) is 4.07. The number of aromatic nitrogens is 2. The predicted molar refractivity (Wildman–Crippen MR) is 101 cm³/mol. The first-order chi connectivity index (χ1) is 10.8. The Morgan fingerprint density at radius 1 is 1.38 bits per heavy atom. The molecule has 3 aromatic rings. The third kappa shape index (κ3) is 3.42. The lowest BCUT2D eigenvalue weighted by molar-refractivity contribution is 0.0943. The van der Waals surface area contributed by atoms with Crippen LogP contribution in [0.2, 0.25) is 0 Å². The number of benzene rings is 1. The zero-order chi connectivity index (χ0) is 14.9. The van der Waals surface area contributed by atoms with Crippen molar-refractivity contribution in [2.75, 3.05) is 13.1 Å². The fourth-order valence-corrected chi connectivity index (χ4v) is 3.78. The Hall–Kier alpha value is -1.60. The van der Waals surface area contributed by atoms with Gasteiger partial charge in [0.1, 0.15) is 16.9 Å². The molecule has 1 aliphatic rings. The van der Waals surface area contributed by atoms with Crippen molar-refractivity contribution in [3.63, 3.8) is 0 Å². The topological polar surface area (TPSA) is 58.4 Å².